The third-order valence-electron chi connectivity index (χ3n) is 5.69. The Labute approximate surface area is 212 Å². The van der Waals surface area contributed by atoms with Crippen molar-refractivity contribution in [3.05, 3.63) is 168 Å². The molecule has 4 aromatic carbocycles. The Kier molecular flexibility index (Phi) is 9.46. The van der Waals surface area contributed by atoms with E-state index in [9.17, 15) is 0 Å². The molecule has 0 spiro atoms. The predicted octanol–water partition coefficient (Wildman–Crippen LogP) is 9.12. The molecular formula is C34H30Si. The molecule has 35 heavy (non-hydrogen) atoms. The molecule has 0 amide bonds. The highest BCUT2D eigenvalue weighted by Crippen LogP contribution is 2.24. The average molecular weight is 467 g/mol. The van der Waals surface area contributed by atoms with Crippen LogP contribution in [0, 0.1) is 0 Å². The van der Waals surface area contributed by atoms with Gasteiger partial charge in [0.25, 0.3) is 0 Å². The minimum Gasteiger partial charge on any atom is -0.0622 e. The molecule has 0 unspecified atom stereocenters. The van der Waals surface area contributed by atoms with Gasteiger partial charge in [0.2, 0.25) is 0 Å². The lowest BCUT2D eigenvalue weighted by Gasteiger charge is -2.10. The van der Waals surface area contributed by atoms with E-state index in [1.165, 1.54) is 33.4 Å². The summed E-state index contributed by atoms with van der Waals surface area (Å²) in [6.07, 6.45) is 13.3. The summed E-state index contributed by atoms with van der Waals surface area (Å²) in [6.45, 7) is 0. The van der Waals surface area contributed by atoms with Gasteiger partial charge in [0, 0.05) is 9.52 Å². The second-order valence-electron chi connectivity index (χ2n) is 8.26. The molecule has 0 saturated heterocycles. The molecule has 1 heteroatoms. The van der Waals surface area contributed by atoms with Gasteiger partial charge in [-0.15, -0.1) is 0 Å². The molecule has 170 valence electrons. The third-order valence-corrected chi connectivity index (χ3v) is 6.95. The molecule has 0 saturated carbocycles. The van der Waals surface area contributed by atoms with E-state index in [-0.39, 0.29) is 0 Å². The van der Waals surface area contributed by atoms with Crippen molar-refractivity contribution >= 4 is 32.8 Å². The van der Waals surface area contributed by atoms with Crippen molar-refractivity contribution in [1.82, 2.24) is 0 Å². The minimum absolute atomic E-state index is 0.795. The number of hydrogen-bond donors (Lipinski definition) is 0. The van der Waals surface area contributed by atoms with Crippen molar-refractivity contribution < 1.29 is 0 Å². The molecule has 0 aliphatic carbocycles. The molecule has 0 fully saturated rings. The smallest absolute Gasteiger partial charge is 0.0478 e. The van der Waals surface area contributed by atoms with Crippen LogP contribution in [0.4, 0.5) is 0 Å². The highest BCUT2D eigenvalue weighted by molar-refractivity contribution is 6.41. The van der Waals surface area contributed by atoms with Crippen molar-refractivity contribution in [1.29, 1.82) is 0 Å². The van der Waals surface area contributed by atoms with E-state index < -0.39 is 0 Å². The van der Waals surface area contributed by atoms with E-state index in [0.29, 0.717) is 0 Å². The zero-order valence-corrected chi connectivity index (χ0v) is 20.9. The molecule has 0 heterocycles. The largest absolute Gasteiger partial charge is 0.0622 e. The third kappa shape index (κ3) is 8.10. The molecule has 4 rings (SSSR count). The van der Waals surface area contributed by atoms with E-state index in [1.807, 2.05) is 0 Å². The first-order chi connectivity index (χ1) is 17.4. The maximum atomic E-state index is 2.27. The van der Waals surface area contributed by atoms with Crippen LogP contribution in [0.25, 0.3) is 23.3 Å². The lowest BCUT2D eigenvalue weighted by atomic mass is 10.1. The molecule has 0 N–H and O–H groups in total. The van der Waals surface area contributed by atoms with Crippen molar-refractivity contribution in [2.75, 3.05) is 0 Å². The molecule has 4 aromatic rings. The Morgan fingerprint density at radius 3 is 1.17 bits per heavy atom. The van der Waals surface area contributed by atoms with Gasteiger partial charge in [-0.1, -0.05) is 158 Å². The van der Waals surface area contributed by atoms with Gasteiger partial charge in [0.05, 0.1) is 0 Å². The van der Waals surface area contributed by atoms with Crippen LogP contribution in [-0.2, 0) is 0 Å². The maximum absolute atomic E-state index is 2.27. The quantitative estimate of drug-likeness (QED) is 0.161. The fourth-order valence-corrected chi connectivity index (χ4v) is 5.14. The Hall–Kier alpha value is -3.94. The predicted molar refractivity (Wildman–Crippen MR) is 155 cm³/mol. The molecule has 0 bridgehead atoms. The lowest BCUT2D eigenvalue weighted by molar-refractivity contribution is 1.50. The Balaban J connectivity index is 1.49. The van der Waals surface area contributed by atoms with E-state index in [4.69, 9.17) is 0 Å². The van der Waals surface area contributed by atoms with Crippen molar-refractivity contribution in [3.8, 4) is 0 Å². The van der Waals surface area contributed by atoms with Crippen LogP contribution in [0.2, 0.25) is 12.1 Å². The molecule has 0 aliphatic rings. The van der Waals surface area contributed by atoms with Crippen LogP contribution in [0.15, 0.2) is 146 Å². The zero-order chi connectivity index (χ0) is 24.0. The van der Waals surface area contributed by atoms with E-state index >= 15 is 0 Å². The van der Waals surface area contributed by atoms with Gasteiger partial charge in [-0.3, -0.25) is 0 Å². The van der Waals surface area contributed by atoms with Gasteiger partial charge < -0.3 is 0 Å². The van der Waals surface area contributed by atoms with Gasteiger partial charge in [0.15, 0.2) is 0 Å². The van der Waals surface area contributed by atoms with Gasteiger partial charge in [0.1, 0.15) is 0 Å². The highest BCUT2D eigenvalue weighted by Gasteiger charge is 2.05. The monoisotopic (exact) mass is 466 g/mol. The van der Waals surface area contributed by atoms with Crippen LogP contribution in [0.5, 0.6) is 0 Å². The molecule has 0 nitrogen and oxygen atoms in total. The van der Waals surface area contributed by atoms with Gasteiger partial charge in [-0.25, -0.2) is 0 Å². The normalized spacial score (nSPS) is 12.5. The summed E-state index contributed by atoms with van der Waals surface area (Å²) in [6, 6.07) is 44.5. The summed E-state index contributed by atoms with van der Waals surface area (Å²) in [5.41, 5.74) is 7.79. The minimum atomic E-state index is 0.795. The second-order valence-corrected chi connectivity index (χ2v) is 9.47. The average Bonchev–Trinajstić information content (AvgIpc) is 2.93. The van der Waals surface area contributed by atoms with Gasteiger partial charge in [-0.2, -0.15) is 0 Å². The Morgan fingerprint density at radius 1 is 0.457 bits per heavy atom. The molecule has 0 aromatic heterocycles. The first-order valence-corrected chi connectivity index (χ1v) is 13.5. The standard InChI is InChI=1S/C34H30Si/c1-5-15-29(16-6-1)19-13-25-33(31-21-9-3-10-22-31)27-35-28-34(32-23-11-4-12-24-32)26-14-20-30-17-7-2-8-18-30/h1-26H,27-28H2. The molecule has 0 atom stereocenters. The fraction of sp³-hybridized carbons (Fsp3) is 0.0588. The van der Waals surface area contributed by atoms with Crippen LogP contribution >= 0.6 is 0 Å². The Morgan fingerprint density at radius 2 is 0.800 bits per heavy atom. The van der Waals surface area contributed by atoms with Gasteiger partial charge in [-0.05, 0) is 45.5 Å². The van der Waals surface area contributed by atoms with Crippen molar-refractivity contribution in [3.63, 3.8) is 0 Å². The van der Waals surface area contributed by atoms with Gasteiger partial charge >= 0.3 is 0 Å². The summed E-state index contributed by atoms with van der Waals surface area (Å²) in [4.78, 5) is 0. The second kappa shape index (κ2) is 13.7. The summed E-state index contributed by atoms with van der Waals surface area (Å²) in [7, 11) is 0.795. The number of hydrogen-bond acceptors (Lipinski definition) is 0. The maximum Gasteiger partial charge on any atom is 0.0478 e. The first-order valence-electron chi connectivity index (χ1n) is 12.0. The van der Waals surface area contributed by atoms with E-state index in [0.717, 1.165) is 21.6 Å². The zero-order valence-electron chi connectivity index (χ0n) is 19.9. The highest BCUT2D eigenvalue weighted by atomic mass is 28.2. The first kappa shape index (κ1) is 24.2. The summed E-state index contributed by atoms with van der Waals surface area (Å²) >= 11 is 0. The fourth-order valence-electron chi connectivity index (χ4n) is 3.83. The van der Waals surface area contributed by atoms with E-state index in [2.05, 4.69) is 158 Å². The van der Waals surface area contributed by atoms with Crippen molar-refractivity contribution in [2.24, 2.45) is 0 Å². The van der Waals surface area contributed by atoms with Crippen LogP contribution < -0.4 is 0 Å². The van der Waals surface area contributed by atoms with E-state index in [1.54, 1.807) is 0 Å². The molecule has 0 aliphatic heterocycles. The SMILES string of the molecule is C(=Cc1ccccc1)C=C(C[Si]CC(=CC=Cc1ccccc1)c1ccccc1)c1ccccc1. The van der Waals surface area contributed by atoms with Crippen molar-refractivity contribution in [2.45, 2.75) is 12.1 Å². The summed E-state index contributed by atoms with van der Waals surface area (Å²) in [5.74, 6) is 0. The topological polar surface area (TPSA) is 0 Å². The Bertz CT molecular complexity index is 1160. The number of benzene rings is 4. The van der Waals surface area contributed by atoms with Crippen LogP contribution in [0.1, 0.15) is 22.3 Å². The molecular weight excluding hydrogens is 436 g/mol. The number of rotatable bonds is 10. The van der Waals surface area contributed by atoms with Crippen LogP contribution in [0.3, 0.4) is 0 Å². The summed E-state index contributed by atoms with van der Waals surface area (Å²) in [5, 5.41) is 0. The number of allylic oxidation sites excluding steroid dienone is 6. The van der Waals surface area contributed by atoms with Crippen LogP contribution in [-0.4, -0.2) is 9.52 Å². The summed E-state index contributed by atoms with van der Waals surface area (Å²) < 4.78 is 0. The lowest BCUT2D eigenvalue weighted by Crippen LogP contribution is -1.95. The molecule has 2 radical (unpaired) electrons.